The fourth-order valence-electron chi connectivity index (χ4n) is 2.48. The Bertz CT molecular complexity index is 857. The van der Waals surface area contributed by atoms with E-state index in [0.29, 0.717) is 6.54 Å². The predicted octanol–water partition coefficient (Wildman–Crippen LogP) is 4.22. The number of benzene rings is 1. The van der Waals surface area contributed by atoms with Crippen LogP contribution in [-0.2, 0) is 11.2 Å². The molecule has 0 spiro atoms. The van der Waals surface area contributed by atoms with Crippen LogP contribution in [0.15, 0.2) is 52.5 Å². The molecule has 0 saturated heterocycles. The van der Waals surface area contributed by atoms with Crippen LogP contribution in [-0.4, -0.2) is 26.9 Å². The lowest BCUT2D eigenvalue weighted by atomic mass is 10.2. The number of nitrogens with one attached hydrogen (secondary N) is 1. The average Bonchev–Trinajstić information content (AvgIpc) is 3.08. The smallest absolute Gasteiger partial charge is 0.156 e. The SMILES string of the molecule is CCCCc1cc(Sc2ccc(NCC(C)=O)cc2)n2nccc2n1. The number of nitrogens with zero attached hydrogens (tertiary/aromatic N) is 3. The number of aromatic nitrogens is 3. The van der Waals surface area contributed by atoms with Crippen LogP contribution in [0.1, 0.15) is 32.4 Å². The van der Waals surface area contributed by atoms with Crippen molar-refractivity contribution in [1.82, 2.24) is 14.6 Å². The number of carbonyl (C=O) groups is 1. The summed E-state index contributed by atoms with van der Waals surface area (Å²) in [5, 5.41) is 8.55. The van der Waals surface area contributed by atoms with Gasteiger partial charge < -0.3 is 5.32 Å². The zero-order chi connectivity index (χ0) is 17.6. The summed E-state index contributed by atoms with van der Waals surface area (Å²) in [7, 11) is 0. The number of carbonyl (C=O) groups excluding carboxylic acids is 1. The second-order valence-electron chi connectivity index (χ2n) is 5.97. The van der Waals surface area contributed by atoms with E-state index in [1.54, 1.807) is 24.9 Å². The molecule has 0 unspecified atom stereocenters. The molecule has 0 aliphatic heterocycles. The normalized spacial score (nSPS) is 11.0. The third kappa shape index (κ3) is 4.60. The first-order valence-electron chi connectivity index (χ1n) is 8.50. The molecular formula is C19H22N4OS. The number of aryl methyl sites for hydroxylation is 1. The van der Waals surface area contributed by atoms with Crippen molar-refractivity contribution in [2.45, 2.75) is 43.0 Å². The summed E-state index contributed by atoms with van der Waals surface area (Å²) in [6.45, 7) is 4.12. The molecular weight excluding hydrogens is 332 g/mol. The van der Waals surface area contributed by atoms with E-state index in [4.69, 9.17) is 0 Å². The van der Waals surface area contributed by atoms with Crippen LogP contribution >= 0.6 is 11.8 Å². The van der Waals surface area contributed by atoms with E-state index in [0.717, 1.165) is 46.2 Å². The number of unbranched alkanes of at least 4 members (excludes halogenated alkanes) is 1. The Hall–Kier alpha value is -2.34. The van der Waals surface area contributed by atoms with Gasteiger partial charge in [0.1, 0.15) is 10.8 Å². The fourth-order valence-corrected chi connectivity index (χ4v) is 3.42. The molecule has 0 fully saturated rings. The Morgan fingerprint density at radius 1 is 1.24 bits per heavy atom. The summed E-state index contributed by atoms with van der Waals surface area (Å²) in [4.78, 5) is 16.8. The highest BCUT2D eigenvalue weighted by Crippen LogP contribution is 2.29. The molecule has 0 atom stereocenters. The second-order valence-corrected chi connectivity index (χ2v) is 7.07. The predicted molar refractivity (Wildman–Crippen MR) is 101 cm³/mol. The summed E-state index contributed by atoms with van der Waals surface area (Å²) < 4.78 is 1.88. The van der Waals surface area contributed by atoms with E-state index in [-0.39, 0.29) is 5.78 Å². The first-order chi connectivity index (χ1) is 12.2. The van der Waals surface area contributed by atoms with Gasteiger partial charge in [-0.25, -0.2) is 9.50 Å². The van der Waals surface area contributed by atoms with Crippen LogP contribution in [0.2, 0.25) is 0 Å². The highest BCUT2D eigenvalue weighted by Gasteiger charge is 2.08. The molecule has 130 valence electrons. The summed E-state index contributed by atoms with van der Waals surface area (Å²) in [5.41, 5.74) is 2.94. The van der Waals surface area contributed by atoms with Crippen molar-refractivity contribution in [3.63, 3.8) is 0 Å². The highest BCUT2D eigenvalue weighted by atomic mass is 32.2. The Labute approximate surface area is 151 Å². The van der Waals surface area contributed by atoms with Crippen molar-refractivity contribution in [2.75, 3.05) is 11.9 Å². The molecule has 2 aromatic heterocycles. The molecule has 2 heterocycles. The molecule has 5 nitrogen and oxygen atoms in total. The van der Waals surface area contributed by atoms with Crippen molar-refractivity contribution in [3.05, 3.63) is 48.3 Å². The third-order valence-corrected chi connectivity index (χ3v) is 4.79. The van der Waals surface area contributed by atoms with Gasteiger partial charge in [0.2, 0.25) is 0 Å². The Morgan fingerprint density at radius 2 is 2.04 bits per heavy atom. The fraction of sp³-hybridized carbons (Fsp3) is 0.316. The van der Waals surface area contributed by atoms with Crippen LogP contribution in [0.25, 0.3) is 5.65 Å². The summed E-state index contributed by atoms with van der Waals surface area (Å²) in [5.74, 6) is 0.121. The van der Waals surface area contributed by atoms with Gasteiger partial charge >= 0.3 is 0 Å². The van der Waals surface area contributed by atoms with Gasteiger partial charge in [0.05, 0.1) is 12.7 Å². The Kier molecular flexibility index (Phi) is 5.71. The summed E-state index contributed by atoms with van der Waals surface area (Å²) in [6, 6.07) is 12.1. The quantitative estimate of drug-likeness (QED) is 0.614. The van der Waals surface area contributed by atoms with Gasteiger partial charge in [0, 0.05) is 22.3 Å². The van der Waals surface area contributed by atoms with Crippen molar-refractivity contribution in [3.8, 4) is 0 Å². The molecule has 6 heteroatoms. The lowest BCUT2D eigenvalue weighted by Gasteiger charge is -2.09. The first-order valence-corrected chi connectivity index (χ1v) is 9.32. The van der Waals surface area contributed by atoms with E-state index in [9.17, 15) is 4.79 Å². The zero-order valence-electron chi connectivity index (χ0n) is 14.5. The van der Waals surface area contributed by atoms with E-state index >= 15 is 0 Å². The van der Waals surface area contributed by atoms with Gasteiger partial charge in [0.15, 0.2) is 5.65 Å². The van der Waals surface area contributed by atoms with Crippen LogP contribution in [0.4, 0.5) is 5.69 Å². The number of ketones is 1. The molecule has 0 amide bonds. The van der Waals surface area contributed by atoms with Gasteiger partial charge in [-0.05, 0) is 50.1 Å². The van der Waals surface area contributed by atoms with E-state index < -0.39 is 0 Å². The van der Waals surface area contributed by atoms with Gasteiger partial charge in [-0.15, -0.1) is 0 Å². The molecule has 0 radical (unpaired) electrons. The average molecular weight is 354 g/mol. The number of hydrogen-bond acceptors (Lipinski definition) is 5. The summed E-state index contributed by atoms with van der Waals surface area (Å²) >= 11 is 1.67. The standard InChI is InChI=1S/C19H22N4OS/c1-3-4-5-16-12-19(23-18(22-16)10-11-21-23)25-17-8-6-15(7-9-17)20-13-14(2)24/h6-12,20H,3-5,13H2,1-2H3. The van der Waals surface area contributed by atoms with Crippen LogP contribution < -0.4 is 5.32 Å². The summed E-state index contributed by atoms with van der Waals surface area (Å²) in [6.07, 6.45) is 5.06. The maximum absolute atomic E-state index is 11.0. The second kappa shape index (κ2) is 8.16. The van der Waals surface area contributed by atoms with Crippen molar-refractivity contribution >= 4 is 28.9 Å². The molecule has 0 bridgehead atoms. The van der Waals surface area contributed by atoms with E-state index in [1.807, 2.05) is 22.7 Å². The number of Topliss-reactive ketones (excluding diaryl/α,β-unsaturated/α-hetero) is 1. The lowest BCUT2D eigenvalue weighted by Crippen LogP contribution is -2.09. The molecule has 25 heavy (non-hydrogen) atoms. The molecule has 1 N–H and O–H groups in total. The van der Waals surface area contributed by atoms with Gasteiger partial charge in [0.25, 0.3) is 0 Å². The molecule has 3 aromatic rings. The van der Waals surface area contributed by atoms with Crippen molar-refractivity contribution in [1.29, 1.82) is 0 Å². The maximum Gasteiger partial charge on any atom is 0.156 e. The largest absolute Gasteiger partial charge is 0.378 e. The molecule has 0 aliphatic rings. The number of rotatable bonds is 8. The lowest BCUT2D eigenvalue weighted by molar-refractivity contribution is -0.115. The monoisotopic (exact) mass is 354 g/mol. The van der Waals surface area contributed by atoms with E-state index in [1.165, 1.54) is 0 Å². The van der Waals surface area contributed by atoms with Crippen LogP contribution in [0.5, 0.6) is 0 Å². The minimum atomic E-state index is 0.121. The molecule has 3 rings (SSSR count). The van der Waals surface area contributed by atoms with Gasteiger partial charge in [-0.2, -0.15) is 5.10 Å². The number of hydrogen-bond donors (Lipinski definition) is 1. The topological polar surface area (TPSA) is 59.3 Å². The molecule has 0 saturated carbocycles. The highest BCUT2D eigenvalue weighted by molar-refractivity contribution is 7.99. The van der Waals surface area contributed by atoms with Crippen molar-refractivity contribution in [2.24, 2.45) is 0 Å². The number of anilines is 1. The van der Waals surface area contributed by atoms with Crippen molar-refractivity contribution < 1.29 is 4.79 Å². The molecule has 0 aliphatic carbocycles. The third-order valence-electron chi connectivity index (χ3n) is 3.78. The van der Waals surface area contributed by atoms with Crippen LogP contribution in [0, 0.1) is 0 Å². The van der Waals surface area contributed by atoms with E-state index in [2.05, 4.69) is 40.5 Å². The number of fused-ring (bicyclic) bond motifs is 1. The first kappa shape index (κ1) is 17.5. The Morgan fingerprint density at radius 3 is 2.76 bits per heavy atom. The minimum Gasteiger partial charge on any atom is -0.378 e. The molecule has 1 aromatic carbocycles. The van der Waals surface area contributed by atoms with Gasteiger partial charge in [-0.1, -0.05) is 25.1 Å². The zero-order valence-corrected chi connectivity index (χ0v) is 15.3. The van der Waals surface area contributed by atoms with Gasteiger partial charge in [-0.3, -0.25) is 4.79 Å². The van der Waals surface area contributed by atoms with Crippen LogP contribution in [0.3, 0.4) is 0 Å². The maximum atomic E-state index is 11.0. The minimum absolute atomic E-state index is 0.121. The Balaban J connectivity index is 1.79.